The minimum Gasteiger partial charge on any atom is -0.339 e. The maximum atomic E-state index is 12.9. The summed E-state index contributed by atoms with van der Waals surface area (Å²) in [7, 11) is 0. The van der Waals surface area contributed by atoms with Crippen LogP contribution in [-0.4, -0.2) is 40.7 Å². The van der Waals surface area contributed by atoms with Gasteiger partial charge in [-0.2, -0.15) is 0 Å². The Morgan fingerprint density at radius 2 is 1.78 bits per heavy atom. The number of hydrogen-bond acceptors (Lipinski definition) is 2. The van der Waals surface area contributed by atoms with E-state index in [1.807, 2.05) is 18.2 Å². The largest absolute Gasteiger partial charge is 0.339 e. The summed E-state index contributed by atoms with van der Waals surface area (Å²) in [5.74, 6) is 0.287. The Bertz CT molecular complexity index is 572. The zero-order valence-electron chi connectivity index (χ0n) is 13.5. The molecule has 1 aromatic carbocycles. The van der Waals surface area contributed by atoms with Gasteiger partial charge in [0.15, 0.2) is 0 Å². The normalized spacial score (nSPS) is 18.5. The highest BCUT2D eigenvalue weighted by atomic mass is 16.2. The van der Waals surface area contributed by atoms with Crippen molar-refractivity contribution in [2.24, 2.45) is 5.92 Å². The molecule has 1 saturated heterocycles. The fourth-order valence-corrected chi connectivity index (χ4v) is 3.26. The third kappa shape index (κ3) is 3.81. The van der Waals surface area contributed by atoms with Gasteiger partial charge in [-0.25, -0.2) is 0 Å². The number of nitrogens with zero attached hydrogens (tertiary/aromatic N) is 2. The minimum atomic E-state index is -0.0285. The van der Waals surface area contributed by atoms with Crippen LogP contribution >= 0.6 is 0 Å². The van der Waals surface area contributed by atoms with Gasteiger partial charge in [-0.1, -0.05) is 36.9 Å². The molecule has 4 heteroatoms. The van der Waals surface area contributed by atoms with Crippen LogP contribution in [0.5, 0.6) is 0 Å². The summed E-state index contributed by atoms with van der Waals surface area (Å²) in [4.78, 5) is 28.4. The van der Waals surface area contributed by atoms with E-state index in [9.17, 15) is 9.59 Å². The first-order valence-electron chi connectivity index (χ1n) is 8.45. The molecule has 3 rings (SSSR count). The molecular formula is C19H24N2O2. The number of rotatable bonds is 5. The van der Waals surface area contributed by atoms with Crippen molar-refractivity contribution in [3.8, 4) is 0 Å². The van der Waals surface area contributed by atoms with Crippen LogP contribution in [0.1, 0.15) is 31.2 Å². The smallest absolute Gasteiger partial charge is 0.245 e. The van der Waals surface area contributed by atoms with E-state index >= 15 is 0 Å². The summed E-state index contributed by atoms with van der Waals surface area (Å²) < 4.78 is 0. The van der Waals surface area contributed by atoms with E-state index in [0.29, 0.717) is 25.7 Å². The molecule has 122 valence electrons. The molecule has 2 fully saturated rings. The lowest BCUT2D eigenvalue weighted by Crippen LogP contribution is -2.44. The standard InChI is InChI=1S/C19H24N2O2/c1-2-18(22)20-12-10-16(11-13-20)19(23)21(17-8-9-17)14-15-6-4-3-5-7-15/h2-7,16-17H,1,8-14H2. The van der Waals surface area contributed by atoms with E-state index in [1.54, 1.807) is 4.90 Å². The lowest BCUT2D eigenvalue weighted by atomic mass is 9.94. The van der Waals surface area contributed by atoms with Crippen molar-refractivity contribution < 1.29 is 9.59 Å². The van der Waals surface area contributed by atoms with Crippen molar-refractivity contribution in [3.63, 3.8) is 0 Å². The van der Waals surface area contributed by atoms with Gasteiger partial charge in [0.25, 0.3) is 0 Å². The van der Waals surface area contributed by atoms with Crippen LogP contribution in [-0.2, 0) is 16.1 Å². The van der Waals surface area contributed by atoms with Crippen LogP contribution in [0.15, 0.2) is 43.0 Å². The second-order valence-electron chi connectivity index (χ2n) is 6.49. The van der Waals surface area contributed by atoms with Gasteiger partial charge in [-0.3, -0.25) is 9.59 Å². The molecule has 0 radical (unpaired) electrons. The first-order chi connectivity index (χ1) is 11.2. The van der Waals surface area contributed by atoms with Crippen molar-refractivity contribution in [2.75, 3.05) is 13.1 Å². The lowest BCUT2D eigenvalue weighted by molar-refractivity contribution is -0.140. The molecule has 0 unspecified atom stereocenters. The van der Waals surface area contributed by atoms with Crippen molar-refractivity contribution in [1.82, 2.24) is 9.80 Å². The Morgan fingerprint density at radius 1 is 1.13 bits per heavy atom. The Kier molecular flexibility index (Phi) is 4.79. The molecule has 0 aromatic heterocycles. The zero-order valence-corrected chi connectivity index (χ0v) is 13.5. The number of piperidine rings is 1. The highest BCUT2D eigenvalue weighted by Gasteiger charge is 2.37. The lowest BCUT2D eigenvalue weighted by Gasteiger charge is -2.34. The number of hydrogen-bond donors (Lipinski definition) is 0. The van der Waals surface area contributed by atoms with Crippen LogP contribution in [0.2, 0.25) is 0 Å². The van der Waals surface area contributed by atoms with Gasteiger partial charge >= 0.3 is 0 Å². The third-order valence-electron chi connectivity index (χ3n) is 4.80. The Hall–Kier alpha value is -2.10. The van der Waals surface area contributed by atoms with Gasteiger partial charge in [0, 0.05) is 31.6 Å². The van der Waals surface area contributed by atoms with Gasteiger partial charge in [0.1, 0.15) is 0 Å². The summed E-state index contributed by atoms with van der Waals surface area (Å²) >= 11 is 0. The summed E-state index contributed by atoms with van der Waals surface area (Å²) in [5, 5.41) is 0. The van der Waals surface area contributed by atoms with Crippen molar-refractivity contribution >= 4 is 11.8 Å². The maximum Gasteiger partial charge on any atom is 0.245 e. The van der Waals surface area contributed by atoms with Gasteiger partial charge in [-0.15, -0.1) is 0 Å². The van der Waals surface area contributed by atoms with E-state index in [4.69, 9.17) is 0 Å². The van der Waals surface area contributed by atoms with Crippen LogP contribution in [0, 0.1) is 5.92 Å². The SMILES string of the molecule is C=CC(=O)N1CCC(C(=O)N(Cc2ccccc2)C2CC2)CC1. The van der Waals surface area contributed by atoms with Crippen molar-refractivity contribution in [2.45, 2.75) is 38.3 Å². The first kappa shape index (κ1) is 15.8. The van der Waals surface area contributed by atoms with Gasteiger partial charge in [-0.05, 0) is 37.3 Å². The highest BCUT2D eigenvalue weighted by molar-refractivity contribution is 5.87. The fourth-order valence-electron chi connectivity index (χ4n) is 3.26. The molecule has 1 aromatic rings. The number of amides is 2. The molecule has 0 N–H and O–H groups in total. The summed E-state index contributed by atoms with van der Waals surface area (Å²) in [6, 6.07) is 10.6. The molecule has 23 heavy (non-hydrogen) atoms. The molecule has 2 amide bonds. The number of carbonyl (C=O) groups excluding carboxylic acids is 2. The summed E-state index contributed by atoms with van der Waals surface area (Å²) in [5.41, 5.74) is 1.19. The molecule has 1 saturated carbocycles. The summed E-state index contributed by atoms with van der Waals surface area (Å²) in [6.07, 6.45) is 5.11. The minimum absolute atomic E-state index is 0.0285. The molecular weight excluding hydrogens is 288 g/mol. The molecule has 1 heterocycles. The van der Waals surface area contributed by atoms with Crippen LogP contribution in [0.3, 0.4) is 0 Å². The average Bonchev–Trinajstić information content (AvgIpc) is 3.44. The molecule has 2 aliphatic rings. The van der Waals surface area contributed by atoms with Gasteiger partial charge in [0.05, 0.1) is 0 Å². The number of carbonyl (C=O) groups is 2. The second-order valence-corrected chi connectivity index (χ2v) is 6.49. The molecule has 0 bridgehead atoms. The fraction of sp³-hybridized carbons (Fsp3) is 0.474. The van der Waals surface area contributed by atoms with Crippen LogP contribution < -0.4 is 0 Å². The molecule has 1 aliphatic carbocycles. The van der Waals surface area contributed by atoms with Gasteiger partial charge in [0.2, 0.25) is 11.8 Å². The van der Waals surface area contributed by atoms with E-state index in [1.165, 1.54) is 11.6 Å². The average molecular weight is 312 g/mol. The Morgan fingerprint density at radius 3 is 2.35 bits per heavy atom. The van der Waals surface area contributed by atoms with Crippen molar-refractivity contribution in [3.05, 3.63) is 48.6 Å². The maximum absolute atomic E-state index is 12.9. The molecule has 4 nitrogen and oxygen atoms in total. The third-order valence-corrected chi connectivity index (χ3v) is 4.80. The molecule has 1 aliphatic heterocycles. The summed E-state index contributed by atoms with van der Waals surface area (Å²) in [6.45, 7) is 5.55. The van der Waals surface area contributed by atoms with Crippen LogP contribution in [0.25, 0.3) is 0 Å². The predicted molar refractivity (Wildman–Crippen MR) is 89.5 cm³/mol. The monoisotopic (exact) mass is 312 g/mol. The second kappa shape index (κ2) is 6.99. The molecule has 0 spiro atoms. The topological polar surface area (TPSA) is 40.6 Å². The Balaban J connectivity index is 1.61. The van der Waals surface area contributed by atoms with E-state index in [-0.39, 0.29) is 17.7 Å². The highest BCUT2D eigenvalue weighted by Crippen LogP contribution is 2.31. The number of benzene rings is 1. The van der Waals surface area contributed by atoms with E-state index < -0.39 is 0 Å². The van der Waals surface area contributed by atoms with Crippen molar-refractivity contribution in [1.29, 1.82) is 0 Å². The number of likely N-dealkylation sites (tertiary alicyclic amines) is 1. The first-order valence-corrected chi connectivity index (χ1v) is 8.45. The van der Waals surface area contributed by atoms with Crippen LogP contribution in [0.4, 0.5) is 0 Å². The quantitative estimate of drug-likeness (QED) is 0.784. The van der Waals surface area contributed by atoms with E-state index in [2.05, 4.69) is 23.6 Å². The molecule has 0 atom stereocenters. The zero-order chi connectivity index (χ0) is 16.2. The van der Waals surface area contributed by atoms with E-state index in [0.717, 1.165) is 25.7 Å². The Labute approximate surface area is 137 Å². The van der Waals surface area contributed by atoms with Gasteiger partial charge < -0.3 is 9.80 Å². The predicted octanol–water partition coefficient (Wildman–Crippen LogP) is 2.60.